The SMILES string of the molecule is CC(=O)Nc1ccc(NC(=O)COC(=O)c2cc3cc(Cl)ccc3o2)cc1. The van der Waals surface area contributed by atoms with Gasteiger partial charge >= 0.3 is 5.97 Å². The predicted octanol–water partition coefficient (Wildman–Crippen LogP) is 3.84. The number of anilines is 2. The van der Waals surface area contributed by atoms with Gasteiger partial charge in [-0.3, -0.25) is 9.59 Å². The molecule has 3 rings (SSSR count). The standard InChI is InChI=1S/C19H15ClN2O5/c1-11(23)21-14-3-5-15(6-4-14)22-18(24)10-26-19(25)17-9-12-8-13(20)2-7-16(12)27-17/h2-9H,10H2,1H3,(H,21,23)(H,22,24). The Kier molecular flexibility index (Phi) is 5.42. The summed E-state index contributed by atoms with van der Waals surface area (Å²) in [5, 5.41) is 6.39. The molecule has 8 heteroatoms. The Hall–Kier alpha value is -3.32. The molecule has 0 spiro atoms. The van der Waals surface area contributed by atoms with E-state index < -0.39 is 18.5 Å². The number of hydrogen-bond donors (Lipinski definition) is 2. The van der Waals surface area contributed by atoms with Gasteiger partial charge in [0, 0.05) is 28.7 Å². The predicted molar refractivity (Wildman–Crippen MR) is 101 cm³/mol. The molecule has 138 valence electrons. The van der Waals surface area contributed by atoms with Gasteiger partial charge in [0.1, 0.15) is 5.58 Å². The minimum absolute atomic E-state index is 0.0141. The van der Waals surface area contributed by atoms with Crippen LogP contribution in [-0.4, -0.2) is 24.4 Å². The van der Waals surface area contributed by atoms with Crippen LogP contribution in [0.1, 0.15) is 17.5 Å². The zero-order valence-electron chi connectivity index (χ0n) is 14.2. The minimum atomic E-state index is -0.751. The number of amides is 2. The summed E-state index contributed by atoms with van der Waals surface area (Å²) in [4.78, 5) is 34.9. The number of furan rings is 1. The molecule has 1 aromatic heterocycles. The van der Waals surface area contributed by atoms with E-state index in [1.807, 2.05) is 0 Å². The Morgan fingerprint density at radius 1 is 1.00 bits per heavy atom. The summed E-state index contributed by atoms with van der Waals surface area (Å²) in [5.41, 5.74) is 1.61. The summed E-state index contributed by atoms with van der Waals surface area (Å²) in [6.07, 6.45) is 0. The molecule has 0 aliphatic carbocycles. The fourth-order valence-corrected chi connectivity index (χ4v) is 2.53. The second kappa shape index (κ2) is 7.92. The maximum atomic E-state index is 12.0. The highest BCUT2D eigenvalue weighted by Crippen LogP contribution is 2.23. The summed E-state index contributed by atoms with van der Waals surface area (Å²) in [6, 6.07) is 13.0. The van der Waals surface area contributed by atoms with Crippen LogP contribution in [0.3, 0.4) is 0 Å². The maximum absolute atomic E-state index is 12.0. The molecule has 3 aromatic rings. The average molecular weight is 387 g/mol. The van der Waals surface area contributed by atoms with Crippen molar-refractivity contribution < 1.29 is 23.5 Å². The molecule has 2 amide bonds. The molecule has 0 radical (unpaired) electrons. The lowest BCUT2D eigenvalue weighted by molar-refractivity contribution is -0.119. The Labute approximate surface area is 159 Å². The van der Waals surface area contributed by atoms with Gasteiger partial charge in [-0.2, -0.15) is 0 Å². The average Bonchev–Trinajstić information content (AvgIpc) is 3.04. The van der Waals surface area contributed by atoms with Gasteiger partial charge in [0.15, 0.2) is 6.61 Å². The molecule has 0 fully saturated rings. The number of nitrogens with one attached hydrogen (secondary N) is 2. The number of benzene rings is 2. The van der Waals surface area contributed by atoms with Crippen LogP contribution in [0.4, 0.5) is 11.4 Å². The van der Waals surface area contributed by atoms with Crippen molar-refractivity contribution >= 4 is 51.7 Å². The van der Waals surface area contributed by atoms with Gasteiger partial charge in [0.05, 0.1) is 0 Å². The highest BCUT2D eigenvalue weighted by Gasteiger charge is 2.15. The molecular weight excluding hydrogens is 372 g/mol. The van der Waals surface area contributed by atoms with Crippen LogP contribution >= 0.6 is 11.6 Å². The summed E-state index contributed by atoms with van der Waals surface area (Å²) < 4.78 is 10.3. The van der Waals surface area contributed by atoms with Gasteiger partial charge in [-0.25, -0.2) is 4.79 Å². The molecule has 0 atom stereocenters. The van der Waals surface area contributed by atoms with E-state index in [4.69, 9.17) is 20.8 Å². The molecule has 7 nitrogen and oxygen atoms in total. The van der Waals surface area contributed by atoms with Crippen LogP contribution in [-0.2, 0) is 14.3 Å². The summed E-state index contributed by atoms with van der Waals surface area (Å²) in [5.74, 6) is -1.46. The fourth-order valence-electron chi connectivity index (χ4n) is 2.35. The van der Waals surface area contributed by atoms with Gasteiger partial charge in [-0.15, -0.1) is 0 Å². The van der Waals surface area contributed by atoms with Crippen LogP contribution < -0.4 is 10.6 Å². The number of esters is 1. The molecule has 0 saturated heterocycles. The van der Waals surface area contributed by atoms with Crippen molar-refractivity contribution in [2.24, 2.45) is 0 Å². The van der Waals surface area contributed by atoms with E-state index >= 15 is 0 Å². The quantitative estimate of drug-likeness (QED) is 0.649. The lowest BCUT2D eigenvalue weighted by Crippen LogP contribution is -2.20. The van der Waals surface area contributed by atoms with E-state index in [-0.39, 0.29) is 11.7 Å². The second-order valence-corrected chi connectivity index (χ2v) is 6.11. The second-order valence-electron chi connectivity index (χ2n) is 5.68. The van der Waals surface area contributed by atoms with Crippen molar-refractivity contribution in [3.63, 3.8) is 0 Å². The lowest BCUT2D eigenvalue weighted by atomic mass is 10.2. The lowest BCUT2D eigenvalue weighted by Gasteiger charge is -2.07. The third-order valence-corrected chi connectivity index (χ3v) is 3.74. The zero-order chi connectivity index (χ0) is 19.4. The molecule has 1 heterocycles. The first kappa shape index (κ1) is 18.5. The molecular formula is C19H15ClN2O5. The Bertz CT molecular complexity index is 1010. The summed E-state index contributed by atoms with van der Waals surface area (Å²) in [6.45, 7) is 0.935. The topological polar surface area (TPSA) is 97.6 Å². The van der Waals surface area contributed by atoms with Crippen LogP contribution in [0, 0.1) is 0 Å². The highest BCUT2D eigenvalue weighted by molar-refractivity contribution is 6.31. The molecule has 0 aliphatic rings. The van der Waals surface area contributed by atoms with Gasteiger partial charge in [-0.1, -0.05) is 11.6 Å². The number of rotatable bonds is 5. The first-order valence-electron chi connectivity index (χ1n) is 7.94. The molecule has 0 bridgehead atoms. The smallest absolute Gasteiger partial charge is 0.374 e. The first-order chi connectivity index (χ1) is 12.9. The van der Waals surface area contributed by atoms with E-state index in [2.05, 4.69) is 10.6 Å². The Morgan fingerprint density at radius 2 is 1.67 bits per heavy atom. The number of halogens is 1. The van der Waals surface area contributed by atoms with Gasteiger partial charge in [0.25, 0.3) is 5.91 Å². The molecule has 0 aliphatic heterocycles. The number of carbonyl (C=O) groups excluding carboxylic acids is 3. The van der Waals surface area contributed by atoms with Crippen LogP contribution in [0.2, 0.25) is 5.02 Å². The van der Waals surface area contributed by atoms with Crippen molar-refractivity contribution in [2.75, 3.05) is 17.2 Å². The van der Waals surface area contributed by atoms with Crippen molar-refractivity contribution in [3.8, 4) is 0 Å². The monoisotopic (exact) mass is 386 g/mol. The first-order valence-corrected chi connectivity index (χ1v) is 8.32. The largest absolute Gasteiger partial charge is 0.450 e. The third-order valence-electron chi connectivity index (χ3n) is 3.50. The van der Waals surface area contributed by atoms with Crippen LogP contribution in [0.5, 0.6) is 0 Å². The van der Waals surface area contributed by atoms with E-state index in [9.17, 15) is 14.4 Å². The summed E-state index contributed by atoms with van der Waals surface area (Å²) >= 11 is 5.89. The van der Waals surface area contributed by atoms with Crippen molar-refractivity contribution in [1.82, 2.24) is 0 Å². The van der Waals surface area contributed by atoms with Gasteiger partial charge < -0.3 is 19.8 Å². The highest BCUT2D eigenvalue weighted by atomic mass is 35.5. The maximum Gasteiger partial charge on any atom is 0.374 e. The molecule has 0 unspecified atom stereocenters. The van der Waals surface area contributed by atoms with Crippen LogP contribution in [0.25, 0.3) is 11.0 Å². The number of carbonyl (C=O) groups is 3. The normalized spacial score (nSPS) is 10.4. The fraction of sp³-hybridized carbons (Fsp3) is 0.105. The molecule has 27 heavy (non-hydrogen) atoms. The third kappa shape index (κ3) is 4.86. The van der Waals surface area contributed by atoms with E-state index in [0.29, 0.717) is 27.4 Å². The summed E-state index contributed by atoms with van der Waals surface area (Å²) in [7, 11) is 0. The molecule has 0 saturated carbocycles. The van der Waals surface area contributed by atoms with E-state index in [0.717, 1.165) is 0 Å². The van der Waals surface area contributed by atoms with Gasteiger partial charge in [0.2, 0.25) is 11.7 Å². The number of hydrogen-bond acceptors (Lipinski definition) is 5. The van der Waals surface area contributed by atoms with Gasteiger partial charge in [-0.05, 0) is 48.5 Å². The zero-order valence-corrected chi connectivity index (χ0v) is 15.0. The Morgan fingerprint density at radius 3 is 2.33 bits per heavy atom. The molecule has 2 aromatic carbocycles. The van der Waals surface area contributed by atoms with E-state index in [1.54, 1.807) is 42.5 Å². The van der Waals surface area contributed by atoms with Crippen LogP contribution in [0.15, 0.2) is 52.9 Å². The van der Waals surface area contributed by atoms with Crippen molar-refractivity contribution in [2.45, 2.75) is 6.92 Å². The molecule has 2 N–H and O–H groups in total. The Balaban J connectivity index is 1.54. The van der Waals surface area contributed by atoms with Crippen molar-refractivity contribution in [1.29, 1.82) is 0 Å². The number of ether oxygens (including phenoxy) is 1. The number of fused-ring (bicyclic) bond motifs is 1. The minimum Gasteiger partial charge on any atom is -0.450 e. The van der Waals surface area contributed by atoms with E-state index in [1.165, 1.54) is 13.0 Å². The van der Waals surface area contributed by atoms with Crippen molar-refractivity contribution in [3.05, 3.63) is 59.3 Å².